The summed E-state index contributed by atoms with van der Waals surface area (Å²) in [4.78, 5) is 0. The quantitative estimate of drug-likeness (QED) is 0.225. The zero-order chi connectivity index (χ0) is 23.8. The van der Waals surface area contributed by atoms with Gasteiger partial charge < -0.3 is 24.4 Å². The van der Waals surface area contributed by atoms with Gasteiger partial charge in [-0.25, -0.2) is 0 Å². The fraction of sp³-hybridized carbons (Fsp3) is 0.179. The maximum Gasteiger partial charge on any atom is 0.219 e. The maximum absolute atomic E-state index is 9.90. The molecule has 0 radical (unpaired) electrons. The molecule has 0 spiro atoms. The van der Waals surface area contributed by atoms with Crippen molar-refractivity contribution in [3.8, 4) is 28.4 Å². The number of fused-ring (bicyclic) bond motifs is 4. The first kappa shape index (κ1) is 21.9. The number of pyridine rings is 2. The number of aliphatic hydroxyl groups excluding tert-OH is 2. The summed E-state index contributed by atoms with van der Waals surface area (Å²) in [6, 6.07) is 18.2. The van der Waals surface area contributed by atoms with Crippen LogP contribution in [0.5, 0.6) is 17.2 Å². The standard InChI is InChI=1S/C28H26NO5/c1-32-26-23-14-29-10-9-20-22(25(29)12-18(23)11-19(15-30)24(26)16-31)13-21(17-7-5-4-6-8-17)28(34-3)27(20)33-2/h4-14,30-31H,15-16H2,1-3H3/q+1. The summed E-state index contributed by atoms with van der Waals surface area (Å²) in [7, 11) is 4.88. The van der Waals surface area contributed by atoms with Crippen LogP contribution in [0.15, 0.2) is 67.0 Å². The average molecular weight is 457 g/mol. The van der Waals surface area contributed by atoms with Gasteiger partial charge >= 0.3 is 0 Å². The lowest BCUT2D eigenvalue weighted by molar-refractivity contribution is -0.509. The van der Waals surface area contributed by atoms with Gasteiger partial charge in [0.15, 0.2) is 23.9 Å². The lowest BCUT2D eigenvalue weighted by Crippen LogP contribution is -2.21. The third-order valence-corrected chi connectivity index (χ3v) is 6.36. The zero-order valence-electron chi connectivity index (χ0n) is 19.3. The van der Waals surface area contributed by atoms with E-state index in [1.54, 1.807) is 21.3 Å². The highest BCUT2D eigenvalue weighted by Crippen LogP contribution is 2.44. The molecule has 6 heteroatoms. The van der Waals surface area contributed by atoms with Crippen molar-refractivity contribution in [2.24, 2.45) is 0 Å². The molecule has 34 heavy (non-hydrogen) atoms. The second-order valence-corrected chi connectivity index (χ2v) is 8.07. The zero-order valence-corrected chi connectivity index (χ0v) is 19.3. The number of hydrogen-bond acceptors (Lipinski definition) is 5. The number of benzene rings is 3. The third-order valence-electron chi connectivity index (χ3n) is 6.36. The Hall–Kier alpha value is -3.87. The Balaban J connectivity index is 1.92. The molecule has 172 valence electrons. The topological polar surface area (TPSA) is 72.3 Å². The molecule has 0 aliphatic rings. The summed E-state index contributed by atoms with van der Waals surface area (Å²) < 4.78 is 19.3. The van der Waals surface area contributed by atoms with Gasteiger partial charge in [-0.15, -0.1) is 0 Å². The smallest absolute Gasteiger partial charge is 0.219 e. The monoisotopic (exact) mass is 456 g/mol. The highest BCUT2D eigenvalue weighted by Gasteiger charge is 2.22. The number of aliphatic hydroxyl groups is 2. The van der Waals surface area contributed by atoms with Gasteiger partial charge in [0.1, 0.15) is 5.75 Å². The van der Waals surface area contributed by atoms with E-state index in [9.17, 15) is 10.2 Å². The second kappa shape index (κ2) is 8.82. The summed E-state index contributed by atoms with van der Waals surface area (Å²) in [5, 5.41) is 23.5. The fourth-order valence-electron chi connectivity index (χ4n) is 4.79. The summed E-state index contributed by atoms with van der Waals surface area (Å²) in [6.07, 6.45) is 3.96. The number of hydrogen-bond donors (Lipinski definition) is 2. The largest absolute Gasteiger partial charge is 0.495 e. The van der Waals surface area contributed by atoms with E-state index >= 15 is 0 Å². The molecule has 0 fully saturated rings. The average Bonchev–Trinajstić information content (AvgIpc) is 2.89. The van der Waals surface area contributed by atoms with Crippen molar-refractivity contribution in [3.05, 3.63) is 78.1 Å². The Morgan fingerprint density at radius 2 is 1.47 bits per heavy atom. The highest BCUT2D eigenvalue weighted by molar-refractivity contribution is 6.05. The van der Waals surface area contributed by atoms with Gasteiger partial charge in [0.25, 0.3) is 0 Å². The van der Waals surface area contributed by atoms with Crippen LogP contribution >= 0.6 is 0 Å². The third kappa shape index (κ3) is 3.31. The van der Waals surface area contributed by atoms with Crippen molar-refractivity contribution in [2.75, 3.05) is 21.3 Å². The van der Waals surface area contributed by atoms with Gasteiger partial charge in [-0.2, -0.15) is 4.40 Å². The Kier molecular flexibility index (Phi) is 5.69. The molecule has 6 nitrogen and oxygen atoms in total. The molecule has 2 heterocycles. The van der Waals surface area contributed by atoms with E-state index in [0.717, 1.165) is 38.2 Å². The molecule has 0 aliphatic carbocycles. The molecule has 0 saturated carbocycles. The molecule has 0 atom stereocenters. The molecule has 0 saturated heterocycles. The predicted octanol–water partition coefficient (Wildman–Crippen LogP) is 4.41. The SMILES string of the molecule is COc1c(-c2ccccc2)cc2c(cc[n+]3cc4c(OC)c(CO)c(CO)cc4cc23)c1OC. The van der Waals surface area contributed by atoms with E-state index in [-0.39, 0.29) is 13.2 Å². The van der Waals surface area contributed by atoms with Crippen LogP contribution in [-0.2, 0) is 13.2 Å². The van der Waals surface area contributed by atoms with Crippen LogP contribution in [0.25, 0.3) is 38.2 Å². The first-order chi connectivity index (χ1) is 16.6. The van der Waals surface area contributed by atoms with Crippen molar-refractivity contribution in [1.29, 1.82) is 0 Å². The van der Waals surface area contributed by atoms with Gasteiger partial charge in [-0.1, -0.05) is 30.3 Å². The van der Waals surface area contributed by atoms with Crippen LogP contribution in [0.4, 0.5) is 0 Å². The van der Waals surface area contributed by atoms with E-state index in [1.165, 1.54) is 0 Å². The van der Waals surface area contributed by atoms with Gasteiger partial charge in [0.2, 0.25) is 5.52 Å². The maximum atomic E-state index is 9.90. The van der Waals surface area contributed by atoms with Gasteiger partial charge in [-0.3, -0.25) is 0 Å². The van der Waals surface area contributed by atoms with Crippen molar-refractivity contribution in [3.63, 3.8) is 0 Å². The second-order valence-electron chi connectivity index (χ2n) is 8.07. The minimum absolute atomic E-state index is 0.188. The molecule has 0 amide bonds. The van der Waals surface area contributed by atoms with Crippen LogP contribution in [-0.4, -0.2) is 31.5 Å². The molecule has 2 aromatic heterocycles. The Morgan fingerprint density at radius 3 is 2.12 bits per heavy atom. The molecule has 5 aromatic rings. The first-order valence-corrected chi connectivity index (χ1v) is 11.0. The number of methoxy groups -OCH3 is 3. The van der Waals surface area contributed by atoms with Gasteiger partial charge in [-0.05, 0) is 28.6 Å². The number of nitrogens with zero attached hydrogens (tertiary/aromatic N) is 1. The Bertz CT molecular complexity index is 1530. The normalized spacial score (nSPS) is 11.3. The van der Waals surface area contributed by atoms with Crippen molar-refractivity contribution < 1.29 is 28.8 Å². The van der Waals surface area contributed by atoms with Crippen LogP contribution < -0.4 is 18.6 Å². The summed E-state index contributed by atoms with van der Waals surface area (Å²) in [6.45, 7) is -0.404. The highest BCUT2D eigenvalue weighted by atomic mass is 16.5. The summed E-state index contributed by atoms with van der Waals surface area (Å²) in [5.74, 6) is 1.92. The van der Waals surface area contributed by atoms with E-state index in [2.05, 4.69) is 12.1 Å². The van der Waals surface area contributed by atoms with Crippen LogP contribution in [0, 0.1) is 0 Å². The molecule has 0 bridgehead atoms. The van der Waals surface area contributed by atoms with Crippen LogP contribution in [0.3, 0.4) is 0 Å². The first-order valence-electron chi connectivity index (χ1n) is 11.0. The molecule has 0 unspecified atom stereocenters. The van der Waals surface area contributed by atoms with Gasteiger partial charge in [0, 0.05) is 28.6 Å². The van der Waals surface area contributed by atoms with E-state index in [0.29, 0.717) is 28.4 Å². The van der Waals surface area contributed by atoms with E-state index < -0.39 is 0 Å². The molecular formula is C28H26NO5+. The van der Waals surface area contributed by atoms with Crippen molar-refractivity contribution in [2.45, 2.75) is 13.2 Å². The minimum atomic E-state index is -0.215. The lowest BCUT2D eigenvalue weighted by atomic mass is 9.97. The van der Waals surface area contributed by atoms with Crippen LogP contribution in [0.2, 0.25) is 0 Å². The number of aromatic nitrogens is 1. The molecule has 3 aromatic carbocycles. The lowest BCUT2D eigenvalue weighted by Gasteiger charge is -2.16. The van der Waals surface area contributed by atoms with Gasteiger partial charge in [0.05, 0.1) is 45.3 Å². The molecule has 2 N–H and O–H groups in total. The Morgan fingerprint density at radius 1 is 0.735 bits per heavy atom. The Labute approximate surface area is 197 Å². The van der Waals surface area contributed by atoms with E-state index in [4.69, 9.17) is 14.2 Å². The van der Waals surface area contributed by atoms with Crippen molar-refractivity contribution in [1.82, 2.24) is 0 Å². The summed E-state index contributed by atoms with van der Waals surface area (Å²) >= 11 is 0. The van der Waals surface area contributed by atoms with E-state index in [1.807, 2.05) is 59.3 Å². The molecule has 5 rings (SSSR count). The minimum Gasteiger partial charge on any atom is -0.495 e. The van der Waals surface area contributed by atoms with Crippen molar-refractivity contribution >= 4 is 27.1 Å². The fourth-order valence-corrected chi connectivity index (χ4v) is 4.79. The molecular weight excluding hydrogens is 430 g/mol. The molecule has 0 aliphatic heterocycles. The number of ether oxygens (including phenoxy) is 3. The number of rotatable bonds is 6. The summed E-state index contributed by atoms with van der Waals surface area (Å²) in [5.41, 5.74) is 4.16. The predicted molar refractivity (Wildman–Crippen MR) is 132 cm³/mol. The van der Waals surface area contributed by atoms with Crippen LogP contribution in [0.1, 0.15) is 11.1 Å².